The van der Waals surface area contributed by atoms with Crippen LogP contribution in [0.3, 0.4) is 0 Å². The van der Waals surface area contributed by atoms with E-state index in [1.165, 1.54) is 5.56 Å². The molecule has 2 aliphatic heterocycles. The van der Waals surface area contributed by atoms with Crippen molar-refractivity contribution in [1.29, 1.82) is 0 Å². The van der Waals surface area contributed by atoms with Gasteiger partial charge in [0.25, 0.3) is 5.91 Å². The van der Waals surface area contributed by atoms with Gasteiger partial charge in [0.2, 0.25) is 0 Å². The summed E-state index contributed by atoms with van der Waals surface area (Å²) in [4.78, 5) is 17.1. The number of carbonyl (C=O) groups is 1. The van der Waals surface area contributed by atoms with Crippen LogP contribution >= 0.6 is 11.6 Å². The van der Waals surface area contributed by atoms with E-state index in [-0.39, 0.29) is 5.91 Å². The van der Waals surface area contributed by atoms with Gasteiger partial charge in [0.1, 0.15) is 13.2 Å². The summed E-state index contributed by atoms with van der Waals surface area (Å²) in [5.74, 6) is 1.14. The van der Waals surface area contributed by atoms with E-state index in [0.717, 1.165) is 19.6 Å². The first-order chi connectivity index (χ1) is 12.7. The number of hydrogen-bond acceptors (Lipinski definition) is 4. The van der Waals surface area contributed by atoms with Crippen molar-refractivity contribution in [3.8, 4) is 11.5 Å². The van der Waals surface area contributed by atoms with Crippen molar-refractivity contribution in [3.63, 3.8) is 0 Å². The summed E-state index contributed by atoms with van der Waals surface area (Å²) in [6, 6.07) is 13.8. The Balaban J connectivity index is 1.41. The highest BCUT2D eigenvalue weighted by Crippen LogP contribution is 2.35. The fourth-order valence-electron chi connectivity index (χ4n) is 3.35. The Bertz CT molecular complexity index is 789. The third-order valence-electron chi connectivity index (χ3n) is 4.77. The third kappa shape index (κ3) is 3.64. The molecule has 1 saturated heterocycles. The molecule has 2 aromatic carbocycles. The van der Waals surface area contributed by atoms with Crippen molar-refractivity contribution < 1.29 is 14.3 Å². The van der Waals surface area contributed by atoms with Crippen LogP contribution in [0.2, 0.25) is 5.02 Å². The Hall–Kier alpha value is -2.24. The smallest absolute Gasteiger partial charge is 0.255 e. The lowest BCUT2D eigenvalue weighted by Crippen LogP contribution is -2.48. The maximum absolute atomic E-state index is 12.9. The number of hydrogen-bond donors (Lipinski definition) is 0. The number of ether oxygens (including phenoxy) is 2. The van der Waals surface area contributed by atoms with Gasteiger partial charge in [0.05, 0.1) is 10.6 Å². The lowest BCUT2D eigenvalue weighted by atomic mass is 10.1. The molecular formula is C20H21ClN2O3. The van der Waals surface area contributed by atoms with E-state index in [1.807, 2.05) is 11.0 Å². The van der Waals surface area contributed by atoms with Crippen LogP contribution in [0.15, 0.2) is 42.5 Å². The summed E-state index contributed by atoms with van der Waals surface area (Å²) in [6.07, 6.45) is 0. The highest BCUT2D eigenvalue weighted by molar-refractivity contribution is 6.34. The quantitative estimate of drug-likeness (QED) is 0.830. The molecule has 0 unspecified atom stereocenters. The van der Waals surface area contributed by atoms with E-state index >= 15 is 0 Å². The molecule has 2 heterocycles. The van der Waals surface area contributed by atoms with Gasteiger partial charge in [-0.15, -0.1) is 0 Å². The molecule has 0 atom stereocenters. The Labute approximate surface area is 158 Å². The number of fused-ring (bicyclic) bond motifs is 1. The number of halogens is 1. The summed E-state index contributed by atoms with van der Waals surface area (Å²) in [5.41, 5.74) is 1.77. The van der Waals surface area contributed by atoms with Gasteiger partial charge in [-0.1, -0.05) is 41.9 Å². The minimum atomic E-state index is -0.0497. The van der Waals surface area contributed by atoms with E-state index in [4.69, 9.17) is 21.1 Å². The summed E-state index contributed by atoms with van der Waals surface area (Å²) < 4.78 is 11.1. The van der Waals surface area contributed by atoms with Crippen LogP contribution in [0.5, 0.6) is 11.5 Å². The zero-order chi connectivity index (χ0) is 17.9. The molecule has 5 nitrogen and oxygen atoms in total. The topological polar surface area (TPSA) is 42.0 Å². The van der Waals surface area contributed by atoms with Crippen LogP contribution in [0.4, 0.5) is 0 Å². The Kier molecular flexibility index (Phi) is 5.00. The summed E-state index contributed by atoms with van der Waals surface area (Å²) in [7, 11) is 0. The molecule has 4 rings (SSSR count). The fraction of sp³-hybridized carbons (Fsp3) is 0.350. The van der Waals surface area contributed by atoms with E-state index < -0.39 is 0 Å². The summed E-state index contributed by atoms with van der Waals surface area (Å²) in [5, 5.41) is 0.408. The molecular weight excluding hydrogens is 352 g/mol. The lowest BCUT2D eigenvalue weighted by Gasteiger charge is -2.35. The molecule has 26 heavy (non-hydrogen) atoms. The van der Waals surface area contributed by atoms with Gasteiger partial charge in [0.15, 0.2) is 11.5 Å². The van der Waals surface area contributed by atoms with Gasteiger partial charge >= 0.3 is 0 Å². The SMILES string of the molecule is O=C(c1cc2c(cc1Cl)OCCO2)N1CCN(Cc2ccccc2)CC1. The van der Waals surface area contributed by atoms with E-state index in [0.29, 0.717) is 48.4 Å². The van der Waals surface area contributed by atoms with Crippen LogP contribution in [0, 0.1) is 0 Å². The van der Waals surface area contributed by atoms with Crippen LogP contribution in [-0.4, -0.2) is 55.1 Å². The first kappa shape index (κ1) is 17.2. The van der Waals surface area contributed by atoms with Gasteiger partial charge in [-0.3, -0.25) is 9.69 Å². The molecule has 0 aromatic heterocycles. The van der Waals surface area contributed by atoms with E-state index in [9.17, 15) is 4.79 Å². The van der Waals surface area contributed by atoms with Crippen molar-refractivity contribution in [2.75, 3.05) is 39.4 Å². The van der Waals surface area contributed by atoms with Crippen LogP contribution in [0.25, 0.3) is 0 Å². The highest BCUT2D eigenvalue weighted by atomic mass is 35.5. The molecule has 1 fully saturated rings. The second kappa shape index (κ2) is 7.56. The van der Waals surface area contributed by atoms with Crippen molar-refractivity contribution in [1.82, 2.24) is 9.80 Å². The van der Waals surface area contributed by atoms with Crippen LogP contribution < -0.4 is 9.47 Å². The van der Waals surface area contributed by atoms with Gasteiger partial charge in [0, 0.05) is 38.8 Å². The fourth-order valence-corrected chi connectivity index (χ4v) is 3.58. The molecule has 136 valence electrons. The normalized spacial score (nSPS) is 17.2. The monoisotopic (exact) mass is 372 g/mol. The van der Waals surface area contributed by atoms with Crippen molar-refractivity contribution >= 4 is 17.5 Å². The minimum absolute atomic E-state index is 0.0497. The third-order valence-corrected chi connectivity index (χ3v) is 5.08. The summed E-state index contributed by atoms with van der Waals surface area (Å²) in [6.45, 7) is 4.98. The molecule has 0 aliphatic carbocycles. The summed E-state index contributed by atoms with van der Waals surface area (Å²) >= 11 is 6.32. The number of benzene rings is 2. The molecule has 2 aromatic rings. The van der Waals surface area contributed by atoms with Crippen LogP contribution in [0.1, 0.15) is 15.9 Å². The van der Waals surface area contributed by atoms with Gasteiger partial charge in [-0.05, 0) is 11.6 Å². The molecule has 2 aliphatic rings. The second-order valence-electron chi connectivity index (χ2n) is 6.53. The molecule has 1 amide bonds. The Morgan fingerprint density at radius 3 is 2.31 bits per heavy atom. The lowest BCUT2D eigenvalue weighted by molar-refractivity contribution is 0.0627. The number of carbonyl (C=O) groups excluding carboxylic acids is 1. The van der Waals surface area contributed by atoms with Crippen molar-refractivity contribution in [2.45, 2.75) is 6.54 Å². The molecule has 0 N–H and O–H groups in total. The Morgan fingerprint density at radius 1 is 0.962 bits per heavy atom. The first-order valence-electron chi connectivity index (χ1n) is 8.85. The first-order valence-corrected chi connectivity index (χ1v) is 9.23. The number of amides is 1. The maximum Gasteiger partial charge on any atom is 0.255 e. The zero-order valence-corrected chi connectivity index (χ0v) is 15.2. The van der Waals surface area contributed by atoms with Crippen LogP contribution in [-0.2, 0) is 6.54 Å². The average Bonchev–Trinajstić information content (AvgIpc) is 2.68. The largest absolute Gasteiger partial charge is 0.486 e. The van der Waals surface area contributed by atoms with Crippen molar-refractivity contribution in [2.24, 2.45) is 0 Å². The predicted molar refractivity (Wildman–Crippen MR) is 100 cm³/mol. The minimum Gasteiger partial charge on any atom is -0.486 e. The molecule has 6 heteroatoms. The molecule has 0 bridgehead atoms. The molecule has 0 spiro atoms. The van der Waals surface area contributed by atoms with Crippen molar-refractivity contribution in [3.05, 3.63) is 58.6 Å². The maximum atomic E-state index is 12.9. The Morgan fingerprint density at radius 2 is 1.62 bits per heavy atom. The second-order valence-corrected chi connectivity index (χ2v) is 6.94. The predicted octanol–water partition coefficient (Wildman–Crippen LogP) is 3.07. The molecule has 0 saturated carbocycles. The number of rotatable bonds is 3. The van der Waals surface area contributed by atoms with Gasteiger partial charge < -0.3 is 14.4 Å². The van der Waals surface area contributed by atoms with E-state index in [1.54, 1.807) is 12.1 Å². The number of nitrogens with zero attached hydrogens (tertiary/aromatic N) is 2. The van der Waals surface area contributed by atoms with E-state index in [2.05, 4.69) is 29.2 Å². The number of piperazine rings is 1. The standard InChI is InChI=1S/C20H21ClN2O3/c21-17-13-19-18(25-10-11-26-19)12-16(17)20(24)23-8-6-22(7-9-23)14-15-4-2-1-3-5-15/h1-5,12-13H,6-11,14H2. The average molecular weight is 373 g/mol. The van der Waals surface area contributed by atoms with Gasteiger partial charge in [-0.2, -0.15) is 0 Å². The van der Waals surface area contributed by atoms with Gasteiger partial charge in [-0.25, -0.2) is 0 Å². The highest BCUT2D eigenvalue weighted by Gasteiger charge is 2.26. The zero-order valence-electron chi connectivity index (χ0n) is 14.5. The molecule has 0 radical (unpaired) electrons.